The molecule has 2 heterocycles. The van der Waals surface area contributed by atoms with Crippen molar-refractivity contribution in [3.63, 3.8) is 0 Å². The van der Waals surface area contributed by atoms with Crippen LogP contribution < -0.4 is 0 Å². The van der Waals surface area contributed by atoms with Crippen molar-refractivity contribution in [2.75, 3.05) is 5.75 Å². The van der Waals surface area contributed by atoms with Crippen LogP contribution in [0, 0.1) is 0 Å². The molecular weight excluding hydrogens is 248 g/mol. The minimum atomic E-state index is -0.803. The highest BCUT2D eigenvalue weighted by molar-refractivity contribution is 8.01. The van der Waals surface area contributed by atoms with E-state index >= 15 is 0 Å². The predicted molar refractivity (Wildman–Crippen MR) is 60.6 cm³/mol. The van der Waals surface area contributed by atoms with Crippen molar-refractivity contribution in [2.24, 2.45) is 0 Å². The van der Waals surface area contributed by atoms with Crippen molar-refractivity contribution in [2.45, 2.75) is 10.8 Å². The average molecular weight is 256 g/mol. The second-order valence-corrected chi connectivity index (χ2v) is 5.16. The molecule has 0 aliphatic heterocycles. The van der Waals surface area contributed by atoms with Gasteiger partial charge in [0, 0.05) is 5.75 Å². The van der Waals surface area contributed by atoms with E-state index < -0.39 is 5.97 Å². The van der Waals surface area contributed by atoms with E-state index in [-0.39, 0.29) is 6.42 Å². The van der Waals surface area contributed by atoms with Crippen molar-refractivity contribution in [1.82, 2.24) is 10.2 Å². The quantitative estimate of drug-likeness (QED) is 0.827. The summed E-state index contributed by atoms with van der Waals surface area (Å²) in [6.45, 7) is 0. The van der Waals surface area contributed by atoms with Gasteiger partial charge < -0.3 is 9.52 Å². The number of aliphatic carboxylic acids is 1. The number of aromatic nitrogens is 2. The van der Waals surface area contributed by atoms with Crippen LogP contribution in [0.5, 0.6) is 0 Å². The molecule has 5 nitrogen and oxygen atoms in total. The van der Waals surface area contributed by atoms with E-state index in [4.69, 9.17) is 9.52 Å². The lowest BCUT2D eigenvalue weighted by molar-refractivity contribution is -0.136. The first-order valence-corrected chi connectivity index (χ1v) is 6.28. The van der Waals surface area contributed by atoms with Crippen LogP contribution in [0.4, 0.5) is 0 Å². The maximum absolute atomic E-state index is 10.3. The van der Waals surface area contributed by atoms with Gasteiger partial charge in [-0.1, -0.05) is 23.1 Å². The number of hydrogen-bond acceptors (Lipinski definition) is 6. The summed E-state index contributed by atoms with van der Waals surface area (Å²) >= 11 is 2.79. The molecule has 0 aliphatic carbocycles. The van der Waals surface area contributed by atoms with Gasteiger partial charge in [0.15, 0.2) is 15.1 Å². The van der Waals surface area contributed by atoms with Gasteiger partial charge >= 0.3 is 5.97 Å². The zero-order chi connectivity index (χ0) is 11.4. The van der Waals surface area contributed by atoms with Crippen molar-refractivity contribution < 1.29 is 14.3 Å². The number of carbonyl (C=O) groups is 1. The molecular formula is C9H8N2O3S2. The summed E-state index contributed by atoms with van der Waals surface area (Å²) in [7, 11) is 0. The number of carboxylic acid groups (broad SMARTS) is 1. The SMILES string of the molecule is O=C(O)CCSc1nnc(-c2ccco2)s1. The molecule has 16 heavy (non-hydrogen) atoms. The number of rotatable bonds is 5. The minimum Gasteiger partial charge on any atom is -0.481 e. The lowest BCUT2D eigenvalue weighted by atomic mass is 10.5. The van der Waals surface area contributed by atoms with E-state index in [9.17, 15) is 4.79 Å². The summed E-state index contributed by atoms with van der Waals surface area (Å²) < 4.78 is 5.94. The molecule has 0 bridgehead atoms. The largest absolute Gasteiger partial charge is 0.481 e. The van der Waals surface area contributed by atoms with Crippen LogP contribution in [-0.2, 0) is 4.79 Å². The zero-order valence-corrected chi connectivity index (χ0v) is 9.75. The lowest BCUT2D eigenvalue weighted by Gasteiger charge is -1.91. The molecule has 7 heteroatoms. The molecule has 0 aliphatic rings. The molecule has 1 N–H and O–H groups in total. The molecule has 0 radical (unpaired) electrons. The fourth-order valence-corrected chi connectivity index (χ4v) is 2.81. The Kier molecular flexibility index (Phi) is 3.58. The maximum Gasteiger partial charge on any atom is 0.304 e. The summed E-state index contributed by atoms with van der Waals surface area (Å²) in [5.41, 5.74) is 0. The first-order chi connectivity index (χ1) is 7.75. The van der Waals surface area contributed by atoms with Gasteiger partial charge in [-0.2, -0.15) is 0 Å². The van der Waals surface area contributed by atoms with Gasteiger partial charge in [-0.05, 0) is 12.1 Å². The third-order valence-electron chi connectivity index (χ3n) is 1.68. The van der Waals surface area contributed by atoms with Crippen molar-refractivity contribution in [1.29, 1.82) is 0 Å². The average Bonchev–Trinajstić information content (AvgIpc) is 2.85. The van der Waals surface area contributed by atoms with Crippen LogP contribution in [0.3, 0.4) is 0 Å². The molecule has 0 saturated heterocycles. The summed E-state index contributed by atoms with van der Waals surface area (Å²) in [5.74, 6) is 0.383. The smallest absolute Gasteiger partial charge is 0.304 e. The molecule has 0 aromatic carbocycles. The summed E-state index contributed by atoms with van der Waals surface area (Å²) in [5, 5.41) is 17.1. The zero-order valence-electron chi connectivity index (χ0n) is 8.12. The van der Waals surface area contributed by atoms with Crippen molar-refractivity contribution in [3.05, 3.63) is 18.4 Å². The Hall–Kier alpha value is -1.34. The third kappa shape index (κ3) is 2.83. The Balaban J connectivity index is 1.95. The second-order valence-electron chi connectivity index (χ2n) is 2.84. The fraction of sp³-hybridized carbons (Fsp3) is 0.222. The topological polar surface area (TPSA) is 76.2 Å². The van der Waals surface area contributed by atoms with E-state index in [1.807, 2.05) is 6.07 Å². The van der Waals surface area contributed by atoms with Gasteiger partial charge in [0.05, 0.1) is 12.7 Å². The Morgan fingerprint density at radius 3 is 3.12 bits per heavy atom. The first kappa shape index (κ1) is 11.2. The summed E-state index contributed by atoms with van der Waals surface area (Å²) in [6.07, 6.45) is 1.70. The standard InChI is InChI=1S/C9H8N2O3S2/c12-7(13)3-5-15-9-11-10-8(16-9)6-2-1-4-14-6/h1-2,4H,3,5H2,(H,12,13). The minimum absolute atomic E-state index is 0.125. The third-order valence-corrected chi connectivity index (χ3v) is 3.75. The molecule has 2 aromatic rings. The van der Waals surface area contributed by atoms with E-state index in [2.05, 4.69) is 10.2 Å². The van der Waals surface area contributed by atoms with E-state index in [1.165, 1.54) is 23.1 Å². The molecule has 0 amide bonds. The Bertz CT molecular complexity index is 467. The highest BCUT2D eigenvalue weighted by atomic mass is 32.2. The van der Waals surface area contributed by atoms with Gasteiger partial charge in [0.25, 0.3) is 0 Å². The fourth-order valence-electron chi connectivity index (χ4n) is 0.994. The Morgan fingerprint density at radius 1 is 1.56 bits per heavy atom. The van der Waals surface area contributed by atoms with Crippen molar-refractivity contribution >= 4 is 29.1 Å². The van der Waals surface area contributed by atoms with E-state index in [1.54, 1.807) is 12.3 Å². The number of furan rings is 1. The van der Waals surface area contributed by atoms with Crippen LogP contribution in [0.15, 0.2) is 27.2 Å². The van der Waals surface area contributed by atoms with E-state index in [0.29, 0.717) is 16.5 Å². The molecule has 0 spiro atoms. The van der Waals surface area contributed by atoms with Crippen LogP contribution in [0.2, 0.25) is 0 Å². The number of nitrogens with zero attached hydrogens (tertiary/aromatic N) is 2. The summed E-state index contributed by atoms with van der Waals surface area (Å²) in [6, 6.07) is 3.60. The van der Waals surface area contributed by atoms with Crippen LogP contribution in [-0.4, -0.2) is 27.0 Å². The van der Waals surface area contributed by atoms with Gasteiger partial charge in [-0.3, -0.25) is 4.79 Å². The highest BCUT2D eigenvalue weighted by Gasteiger charge is 2.09. The molecule has 0 unspecified atom stereocenters. The van der Waals surface area contributed by atoms with Gasteiger partial charge in [-0.25, -0.2) is 0 Å². The Labute approximate surface area is 99.5 Å². The van der Waals surface area contributed by atoms with Crippen LogP contribution in [0.25, 0.3) is 10.8 Å². The highest BCUT2D eigenvalue weighted by Crippen LogP contribution is 2.29. The number of carboxylic acids is 1. The monoisotopic (exact) mass is 256 g/mol. The first-order valence-electron chi connectivity index (χ1n) is 4.47. The maximum atomic E-state index is 10.3. The molecule has 84 valence electrons. The number of hydrogen-bond donors (Lipinski definition) is 1. The molecule has 0 saturated carbocycles. The van der Waals surface area contributed by atoms with Gasteiger partial charge in [0.1, 0.15) is 0 Å². The van der Waals surface area contributed by atoms with Gasteiger partial charge in [0.2, 0.25) is 0 Å². The Morgan fingerprint density at radius 2 is 2.44 bits per heavy atom. The lowest BCUT2D eigenvalue weighted by Crippen LogP contribution is -1.95. The predicted octanol–water partition coefficient (Wildman–Crippen LogP) is 2.36. The molecule has 0 atom stereocenters. The van der Waals surface area contributed by atoms with Crippen molar-refractivity contribution in [3.8, 4) is 10.8 Å². The molecule has 0 fully saturated rings. The summed E-state index contributed by atoms with van der Waals surface area (Å²) in [4.78, 5) is 10.3. The second kappa shape index (κ2) is 5.13. The molecule has 2 aromatic heterocycles. The molecule has 2 rings (SSSR count). The van der Waals surface area contributed by atoms with E-state index in [0.717, 1.165) is 4.34 Å². The normalized spacial score (nSPS) is 10.5. The van der Waals surface area contributed by atoms with Crippen LogP contribution >= 0.6 is 23.1 Å². The van der Waals surface area contributed by atoms with Crippen LogP contribution in [0.1, 0.15) is 6.42 Å². The number of thioether (sulfide) groups is 1. The van der Waals surface area contributed by atoms with Gasteiger partial charge in [-0.15, -0.1) is 10.2 Å².